The van der Waals surface area contributed by atoms with E-state index < -0.39 is 0 Å². The zero-order chi connectivity index (χ0) is 18.6. The van der Waals surface area contributed by atoms with Gasteiger partial charge in [0.2, 0.25) is 5.82 Å². The lowest BCUT2D eigenvalue weighted by molar-refractivity contribution is 0.243. The summed E-state index contributed by atoms with van der Waals surface area (Å²) in [5.41, 5.74) is 2.97. The van der Waals surface area contributed by atoms with Crippen molar-refractivity contribution in [3.05, 3.63) is 71.7 Å². The zero-order valence-electron chi connectivity index (χ0n) is 14.7. The number of aryl methyl sites for hydroxylation is 1. The summed E-state index contributed by atoms with van der Waals surface area (Å²) in [7, 11) is 0. The molecule has 2 aromatic heterocycles. The van der Waals surface area contributed by atoms with Crippen LogP contribution < -0.4 is 4.74 Å². The van der Waals surface area contributed by atoms with Crippen molar-refractivity contribution in [2.24, 2.45) is 0 Å². The number of benzene rings is 2. The van der Waals surface area contributed by atoms with E-state index >= 15 is 0 Å². The number of ether oxygens (including phenoxy) is 1. The molecule has 7 heteroatoms. The molecule has 0 aliphatic heterocycles. The van der Waals surface area contributed by atoms with E-state index in [0.29, 0.717) is 22.5 Å². The number of hydrogen-bond acceptors (Lipinski definition) is 5. The van der Waals surface area contributed by atoms with Crippen molar-refractivity contribution in [2.75, 3.05) is 0 Å². The lowest BCUT2D eigenvalue weighted by atomic mass is 10.1. The van der Waals surface area contributed by atoms with Crippen molar-refractivity contribution in [3.63, 3.8) is 0 Å². The largest absolute Gasteiger partial charge is 0.484 e. The maximum absolute atomic E-state index is 5.87. The van der Waals surface area contributed by atoms with Crippen LogP contribution in [0.15, 0.2) is 65.3 Å². The van der Waals surface area contributed by atoms with E-state index in [9.17, 15) is 0 Å². The van der Waals surface area contributed by atoms with Crippen LogP contribution in [-0.2, 0) is 13.2 Å². The predicted molar refractivity (Wildman–Crippen MR) is 102 cm³/mol. The second-order valence-corrected chi connectivity index (χ2v) is 6.30. The Morgan fingerprint density at radius 1 is 1.07 bits per heavy atom. The Kier molecular flexibility index (Phi) is 4.89. The first-order chi connectivity index (χ1) is 13.2. The van der Waals surface area contributed by atoms with E-state index in [-0.39, 0.29) is 6.61 Å². The average Bonchev–Trinajstić information content (AvgIpc) is 3.37. The van der Waals surface area contributed by atoms with Crippen LogP contribution in [0.25, 0.3) is 22.6 Å². The fourth-order valence-corrected chi connectivity index (χ4v) is 2.88. The summed E-state index contributed by atoms with van der Waals surface area (Å²) in [4.78, 5) is 4.43. The molecule has 0 aliphatic rings. The molecule has 0 N–H and O–H groups in total. The van der Waals surface area contributed by atoms with Crippen LogP contribution in [0.3, 0.4) is 0 Å². The van der Waals surface area contributed by atoms with Crippen LogP contribution in [0.2, 0.25) is 5.02 Å². The summed E-state index contributed by atoms with van der Waals surface area (Å²) in [6.07, 6.45) is 1.80. The third-order valence-corrected chi connectivity index (χ3v) is 4.33. The normalized spacial score (nSPS) is 10.9. The molecule has 0 saturated heterocycles. The van der Waals surface area contributed by atoms with Crippen molar-refractivity contribution < 1.29 is 9.26 Å². The number of hydrogen-bond donors (Lipinski definition) is 0. The van der Waals surface area contributed by atoms with E-state index in [1.807, 2.05) is 35.0 Å². The van der Waals surface area contributed by atoms with Gasteiger partial charge in [-0.05, 0) is 43.3 Å². The summed E-state index contributed by atoms with van der Waals surface area (Å²) >= 11 is 5.87. The van der Waals surface area contributed by atoms with Crippen molar-refractivity contribution in [2.45, 2.75) is 20.1 Å². The first-order valence-electron chi connectivity index (χ1n) is 8.56. The van der Waals surface area contributed by atoms with Crippen LogP contribution in [-0.4, -0.2) is 19.9 Å². The third kappa shape index (κ3) is 3.85. The molecular formula is C20H17ClN4O2. The lowest BCUT2D eigenvalue weighted by Crippen LogP contribution is -1.98. The van der Waals surface area contributed by atoms with Gasteiger partial charge in [0, 0.05) is 28.9 Å². The molecule has 6 nitrogen and oxygen atoms in total. The number of rotatable bonds is 6. The van der Waals surface area contributed by atoms with E-state index in [1.165, 1.54) is 0 Å². The highest BCUT2D eigenvalue weighted by Gasteiger charge is 2.11. The molecule has 0 fully saturated rings. The van der Waals surface area contributed by atoms with E-state index in [1.54, 1.807) is 30.5 Å². The Morgan fingerprint density at radius 2 is 1.89 bits per heavy atom. The number of nitrogens with zero attached hydrogens (tertiary/aromatic N) is 4. The molecular weight excluding hydrogens is 364 g/mol. The number of aromatic nitrogens is 4. The molecule has 4 rings (SSSR count). The molecule has 2 aromatic carbocycles. The average molecular weight is 381 g/mol. The molecule has 0 aliphatic carbocycles. The second kappa shape index (κ2) is 7.63. The maximum Gasteiger partial charge on any atom is 0.264 e. The van der Waals surface area contributed by atoms with Crippen molar-refractivity contribution in [3.8, 4) is 28.4 Å². The molecule has 0 amide bonds. The van der Waals surface area contributed by atoms with Gasteiger partial charge in [0.15, 0.2) is 6.61 Å². The van der Waals surface area contributed by atoms with Crippen molar-refractivity contribution in [1.29, 1.82) is 0 Å². The minimum atomic E-state index is 0.191. The zero-order valence-corrected chi connectivity index (χ0v) is 15.4. The summed E-state index contributed by atoms with van der Waals surface area (Å²) < 4.78 is 12.9. The quantitative estimate of drug-likeness (QED) is 0.478. The van der Waals surface area contributed by atoms with Gasteiger partial charge >= 0.3 is 0 Å². The van der Waals surface area contributed by atoms with Crippen LogP contribution in [0, 0.1) is 0 Å². The first-order valence-corrected chi connectivity index (χ1v) is 8.94. The van der Waals surface area contributed by atoms with Gasteiger partial charge in [-0.15, -0.1) is 0 Å². The molecule has 0 radical (unpaired) electrons. The minimum absolute atomic E-state index is 0.191. The molecule has 0 bridgehead atoms. The molecule has 0 atom stereocenters. The van der Waals surface area contributed by atoms with Crippen molar-refractivity contribution in [1.82, 2.24) is 19.9 Å². The van der Waals surface area contributed by atoms with Crippen LogP contribution >= 0.6 is 11.6 Å². The summed E-state index contributed by atoms with van der Waals surface area (Å²) in [5, 5.41) is 9.05. The van der Waals surface area contributed by atoms with Gasteiger partial charge < -0.3 is 9.26 Å². The van der Waals surface area contributed by atoms with Gasteiger partial charge in [0.1, 0.15) is 5.75 Å². The highest BCUT2D eigenvalue weighted by atomic mass is 35.5. The molecule has 0 unspecified atom stereocenters. The van der Waals surface area contributed by atoms with Gasteiger partial charge in [0.25, 0.3) is 5.89 Å². The van der Waals surface area contributed by atoms with Gasteiger partial charge in [-0.2, -0.15) is 10.1 Å². The Labute approximate surface area is 161 Å². The third-order valence-electron chi connectivity index (χ3n) is 4.08. The van der Waals surface area contributed by atoms with Gasteiger partial charge in [-0.1, -0.05) is 35.0 Å². The lowest BCUT2D eigenvalue weighted by Gasteiger charge is -2.05. The predicted octanol–water partition coefficient (Wildman–Crippen LogP) is 4.85. The highest BCUT2D eigenvalue weighted by molar-refractivity contribution is 6.30. The minimum Gasteiger partial charge on any atom is -0.484 e. The fraction of sp³-hybridized carbons (Fsp3) is 0.150. The monoisotopic (exact) mass is 380 g/mol. The van der Waals surface area contributed by atoms with Gasteiger partial charge in [-0.3, -0.25) is 4.68 Å². The standard InChI is InChI=1S/C20H17ClN4O2/c1-2-25-18(10-11-22-25)14-4-3-5-15(12-14)20-23-19(27-24-20)13-26-17-8-6-16(21)7-9-17/h3-12H,2,13H2,1H3. The van der Waals surface area contributed by atoms with Crippen LogP contribution in [0.4, 0.5) is 0 Å². The molecule has 2 heterocycles. The van der Waals surface area contributed by atoms with Crippen molar-refractivity contribution >= 4 is 11.6 Å². The smallest absolute Gasteiger partial charge is 0.264 e. The highest BCUT2D eigenvalue weighted by Crippen LogP contribution is 2.25. The topological polar surface area (TPSA) is 66.0 Å². The Balaban J connectivity index is 1.51. The molecule has 136 valence electrons. The Hall–Kier alpha value is -3.12. The van der Waals surface area contributed by atoms with E-state index in [0.717, 1.165) is 23.4 Å². The summed E-state index contributed by atoms with van der Waals surface area (Å²) in [6, 6.07) is 17.1. The Morgan fingerprint density at radius 3 is 2.70 bits per heavy atom. The maximum atomic E-state index is 5.87. The van der Waals surface area contributed by atoms with E-state index in [4.69, 9.17) is 20.9 Å². The summed E-state index contributed by atoms with van der Waals surface area (Å²) in [6.45, 7) is 3.06. The van der Waals surface area contributed by atoms with Crippen LogP contribution in [0.1, 0.15) is 12.8 Å². The van der Waals surface area contributed by atoms with E-state index in [2.05, 4.69) is 22.2 Å². The second-order valence-electron chi connectivity index (χ2n) is 5.87. The SMILES string of the molecule is CCn1nccc1-c1cccc(-c2noc(COc3ccc(Cl)cc3)n2)c1. The Bertz CT molecular complexity index is 1040. The van der Waals surface area contributed by atoms with Gasteiger partial charge in [0.05, 0.1) is 5.69 Å². The molecule has 0 spiro atoms. The fourth-order valence-electron chi connectivity index (χ4n) is 2.75. The first kappa shape index (κ1) is 17.3. The molecule has 27 heavy (non-hydrogen) atoms. The van der Waals surface area contributed by atoms with Crippen LogP contribution in [0.5, 0.6) is 5.75 Å². The number of halogens is 1. The molecule has 0 saturated carbocycles. The summed E-state index contributed by atoms with van der Waals surface area (Å²) in [5.74, 6) is 1.62. The molecule has 4 aromatic rings. The van der Waals surface area contributed by atoms with Gasteiger partial charge in [-0.25, -0.2) is 0 Å².